The van der Waals surface area contributed by atoms with Crippen molar-refractivity contribution in [1.29, 1.82) is 0 Å². The van der Waals surface area contributed by atoms with E-state index in [9.17, 15) is 0 Å². The molecule has 3 aromatic carbocycles. The number of fused-ring (bicyclic) bond motifs is 4. The Morgan fingerprint density at radius 2 is 1.10 bits per heavy atom. The van der Waals surface area contributed by atoms with Crippen molar-refractivity contribution in [2.24, 2.45) is 5.92 Å². The van der Waals surface area contributed by atoms with Crippen LogP contribution in [0.25, 0.3) is 11.3 Å². The SMILES string of the molecule is c1ccc(C2=C(c3ccccc3)N3C4CCCC5C4P(C4CCCC2C43)C2CCCCC2N5c2ccccc2)cc1. The van der Waals surface area contributed by atoms with Crippen LogP contribution in [0.3, 0.4) is 0 Å². The van der Waals surface area contributed by atoms with Gasteiger partial charge in [0, 0.05) is 58.4 Å². The van der Waals surface area contributed by atoms with Gasteiger partial charge in [-0.3, -0.25) is 0 Å². The molecule has 2 saturated heterocycles. The molecule has 3 aromatic rings. The van der Waals surface area contributed by atoms with Crippen LogP contribution in [0.5, 0.6) is 0 Å². The van der Waals surface area contributed by atoms with Gasteiger partial charge in [0.05, 0.1) is 0 Å². The quantitative estimate of drug-likeness (QED) is 0.296. The van der Waals surface area contributed by atoms with Gasteiger partial charge in [0.25, 0.3) is 0 Å². The highest BCUT2D eigenvalue weighted by molar-refractivity contribution is 7.60. The normalized spacial score (nSPS) is 37.3. The average molecular weight is 559 g/mol. The molecule has 9 rings (SSSR count). The van der Waals surface area contributed by atoms with E-state index in [-0.39, 0.29) is 7.92 Å². The van der Waals surface area contributed by atoms with E-state index in [1.54, 1.807) is 11.3 Å². The van der Waals surface area contributed by atoms with Gasteiger partial charge < -0.3 is 9.80 Å². The Morgan fingerprint density at radius 3 is 1.85 bits per heavy atom. The third-order valence-electron chi connectivity index (χ3n) is 11.9. The Morgan fingerprint density at radius 1 is 0.512 bits per heavy atom. The predicted molar refractivity (Wildman–Crippen MR) is 174 cm³/mol. The lowest BCUT2D eigenvalue weighted by Crippen LogP contribution is -2.70. The zero-order valence-electron chi connectivity index (χ0n) is 24.2. The standard InChI is InChI=1S/C38H43N2P/c1-4-14-26(15-5-1)35-29-20-12-25-34-37(29)40(36(35)27-16-6-2-7-17-27)32-23-13-22-31-38(32)41(34)33-24-11-10-21-30(33)39(31)28-18-8-3-9-19-28/h1-9,14-19,29-34,37-38H,10-13,20-25H2. The van der Waals surface area contributed by atoms with Gasteiger partial charge in [-0.2, -0.15) is 0 Å². The maximum atomic E-state index is 3.12. The van der Waals surface area contributed by atoms with Crippen LogP contribution < -0.4 is 4.90 Å². The Balaban J connectivity index is 1.25. The van der Waals surface area contributed by atoms with Gasteiger partial charge in [0.2, 0.25) is 0 Å². The van der Waals surface area contributed by atoms with E-state index < -0.39 is 0 Å². The topological polar surface area (TPSA) is 6.48 Å². The Hall–Kier alpha value is -2.57. The summed E-state index contributed by atoms with van der Waals surface area (Å²) in [7, 11) is -0.0105. The lowest BCUT2D eigenvalue weighted by Gasteiger charge is -2.68. The maximum absolute atomic E-state index is 3.12. The molecule has 210 valence electrons. The Bertz CT molecular complexity index is 1420. The summed E-state index contributed by atoms with van der Waals surface area (Å²) in [5.41, 5.74) is 10.4. The predicted octanol–water partition coefficient (Wildman–Crippen LogP) is 9.02. The molecule has 0 aromatic heterocycles. The third kappa shape index (κ3) is 3.72. The van der Waals surface area contributed by atoms with Crippen molar-refractivity contribution < 1.29 is 0 Å². The first kappa shape index (κ1) is 25.0. The summed E-state index contributed by atoms with van der Waals surface area (Å²) < 4.78 is 0. The van der Waals surface area contributed by atoms with Crippen molar-refractivity contribution in [3.05, 3.63) is 102 Å². The number of anilines is 1. The molecule has 3 heteroatoms. The number of rotatable bonds is 3. The number of benzene rings is 3. The fourth-order valence-corrected chi connectivity index (χ4v) is 15.8. The molecular formula is C38H43N2P. The molecule has 3 aliphatic heterocycles. The second kappa shape index (κ2) is 10.0. The van der Waals surface area contributed by atoms with Crippen LogP contribution in [0.15, 0.2) is 91.0 Å². The number of hydrogen-bond donors (Lipinski definition) is 0. The summed E-state index contributed by atoms with van der Waals surface area (Å²) in [6.07, 6.45) is 14.2. The fourth-order valence-electron chi connectivity index (χ4n) is 10.7. The molecule has 6 aliphatic rings. The maximum Gasteiger partial charge on any atom is 0.0487 e. The summed E-state index contributed by atoms with van der Waals surface area (Å²) in [5.74, 6) is 0.685. The van der Waals surface area contributed by atoms with Crippen LogP contribution >= 0.6 is 7.92 Å². The van der Waals surface area contributed by atoms with Crippen LogP contribution in [-0.2, 0) is 0 Å². The van der Waals surface area contributed by atoms with Crippen molar-refractivity contribution in [2.75, 3.05) is 4.90 Å². The molecule has 0 bridgehead atoms. The van der Waals surface area contributed by atoms with Gasteiger partial charge in [0.15, 0.2) is 0 Å². The molecule has 0 spiro atoms. The summed E-state index contributed by atoms with van der Waals surface area (Å²) >= 11 is 0. The van der Waals surface area contributed by atoms with E-state index >= 15 is 0 Å². The molecule has 0 N–H and O–H groups in total. The van der Waals surface area contributed by atoms with Crippen LogP contribution in [0.4, 0.5) is 5.69 Å². The van der Waals surface area contributed by atoms with Crippen molar-refractivity contribution in [2.45, 2.75) is 105 Å². The fraction of sp³-hybridized carbons (Fsp3) is 0.474. The average Bonchev–Trinajstić information content (AvgIpc) is 3.40. The van der Waals surface area contributed by atoms with E-state index in [4.69, 9.17) is 0 Å². The first-order chi connectivity index (χ1) is 20.4. The summed E-state index contributed by atoms with van der Waals surface area (Å²) in [4.78, 5) is 6.15. The van der Waals surface area contributed by atoms with Gasteiger partial charge in [-0.05, 0) is 73.8 Å². The Labute approximate surface area is 247 Å². The van der Waals surface area contributed by atoms with Crippen molar-refractivity contribution in [1.82, 2.24) is 4.90 Å². The summed E-state index contributed by atoms with van der Waals surface area (Å²) in [6, 6.07) is 37.7. The third-order valence-corrected chi connectivity index (χ3v) is 16.0. The molecule has 5 fully saturated rings. The van der Waals surface area contributed by atoms with Gasteiger partial charge in [-0.1, -0.05) is 106 Å². The monoisotopic (exact) mass is 558 g/mol. The zero-order chi connectivity index (χ0) is 26.9. The number of hydrogen-bond acceptors (Lipinski definition) is 2. The van der Waals surface area contributed by atoms with Crippen LogP contribution in [-0.4, -0.2) is 46.0 Å². The molecular weight excluding hydrogens is 515 g/mol. The minimum Gasteiger partial charge on any atom is -0.364 e. The summed E-state index contributed by atoms with van der Waals surface area (Å²) in [5, 5.41) is 0. The smallest absolute Gasteiger partial charge is 0.0487 e. The highest BCUT2D eigenvalue weighted by Crippen LogP contribution is 2.72. The minimum absolute atomic E-state index is 0.0105. The highest BCUT2D eigenvalue weighted by Gasteiger charge is 2.64. The molecule has 0 amide bonds. The molecule has 3 heterocycles. The largest absolute Gasteiger partial charge is 0.364 e. The van der Waals surface area contributed by atoms with E-state index in [1.807, 2.05) is 0 Å². The van der Waals surface area contributed by atoms with E-state index in [0.717, 1.165) is 23.0 Å². The first-order valence-electron chi connectivity index (χ1n) is 16.6. The molecule has 2 nitrogen and oxygen atoms in total. The molecule has 9 unspecified atom stereocenters. The lowest BCUT2D eigenvalue weighted by molar-refractivity contribution is 0.111. The summed E-state index contributed by atoms with van der Waals surface area (Å²) in [6.45, 7) is 0. The second-order valence-corrected chi connectivity index (χ2v) is 16.5. The number of nitrogens with zero attached hydrogens (tertiary/aromatic N) is 2. The van der Waals surface area contributed by atoms with Crippen molar-refractivity contribution in [3.63, 3.8) is 0 Å². The van der Waals surface area contributed by atoms with E-state index in [1.165, 1.54) is 81.0 Å². The van der Waals surface area contributed by atoms with Gasteiger partial charge in [-0.25, -0.2) is 0 Å². The molecule has 3 aliphatic carbocycles. The van der Waals surface area contributed by atoms with Crippen LogP contribution in [0.1, 0.15) is 75.3 Å². The van der Waals surface area contributed by atoms with Gasteiger partial charge in [0.1, 0.15) is 0 Å². The highest BCUT2D eigenvalue weighted by atomic mass is 31.1. The van der Waals surface area contributed by atoms with E-state index in [2.05, 4.69) is 101 Å². The van der Waals surface area contributed by atoms with Gasteiger partial charge in [-0.15, -0.1) is 0 Å². The molecule has 41 heavy (non-hydrogen) atoms. The number of para-hydroxylation sites is 1. The van der Waals surface area contributed by atoms with E-state index in [0.29, 0.717) is 24.0 Å². The van der Waals surface area contributed by atoms with Crippen molar-refractivity contribution in [3.8, 4) is 0 Å². The van der Waals surface area contributed by atoms with Crippen LogP contribution in [0.2, 0.25) is 0 Å². The van der Waals surface area contributed by atoms with Gasteiger partial charge >= 0.3 is 0 Å². The molecule has 9 atom stereocenters. The lowest BCUT2D eigenvalue weighted by atomic mass is 9.77. The first-order valence-corrected chi connectivity index (χ1v) is 18.2. The van der Waals surface area contributed by atoms with Crippen molar-refractivity contribution >= 4 is 24.9 Å². The second-order valence-electron chi connectivity index (χ2n) is 13.7. The Kier molecular flexibility index (Phi) is 6.10. The van der Waals surface area contributed by atoms with Crippen LogP contribution in [0, 0.1) is 5.92 Å². The zero-order valence-corrected chi connectivity index (χ0v) is 25.1. The molecule has 0 radical (unpaired) electrons. The molecule has 3 saturated carbocycles. The minimum atomic E-state index is -0.0105.